The second-order valence-corrected chi connectivity index (χ2v) is 4.37. The number of nitrogens with two attached hydrogens (primary N) is 1. The third kappa shape index (κ3) is 2.23. The summed E-state index contributed by atoms with van der Waals surface area (Å²) in [7, 11) is 0. The highest BCUT2D eigenvalue weighted by molar-refractivity contribution is 5.91. The van der Waals surface area contributed by atoms with Gasteiger partial charge in [-0.25, -0.2) is 0 Å². The molecule has 0 radical (unpaired) electrons. The van der Waals surface area contributed by atoms with E-state index in [9.17, 15) is 4.79 Å². The molecule has 1 aromatic carbocycles. The topological polar surface area (TPSA) is 78.9 Å². The zero-order valence-corrected chi connectivity index (χ0v) is 9.57. The van der Waals surface area contributed by atoms with Crippen molar-refractivity contribution < 1.29 is 4.79 Å². The number of hydrogen-bond donors (Lipinski definition) is 2. The molecular weight excluding hydrogens is 214 g/mol. The number of carbonyl (C=O) groups is 1. The van der Waals surface area contributed by atoms with Crippen molar-refractivity contribution in [3.05, 3.63) is 29.8 Å². The van der Waals surface area contributed by atoms with Crippen LogP contribution in [0.2, 0.25) is 0 Å². The van der Waals surface area contributed by atoms with Crippen LogP contribution in [0.4, 0.5) is 5.69 Å². The molecule has 88 valence electrons. The van der Waals surface area contributed by atoms with Gasteiger partial charge in [0.05, 0.1) is 17.9 Å². The Balaban J connectivity index is 2.06. The summed E-state index contributed by atoms with van der Waals surface area (Å²) in [5.41, 5.74) is 6.97. The molecule has 2 rings (SSSR count). The van der Waals surface area contributed by atoms with Crippen molar-refractivity contribution in [1.29, 1.82) is 5.26 Å². The second kappa shape index (κ2) is 4.46. The van der Waals surface area contributed by atoms with Gasteiger partial charge in [0.15, 0.2) is 0 Å². The lowest BCUT2D eigenvalue weighted by Gasteiger charge is -2.15. The molecule has 0 bridgehead atoms. The number of nitrogens with one attached hydrogen (secondary N) is 1. The third-order valence-electron chi connectivity index (χ3n) is 3.17. The van der Waals surface area contributed by atoms with Crippen LogP contribution < -0.4 is 11.1 Å². The van der Waals surface area contributed by atoms with Crippen molar-refractivity contribution in [2.24, 2.45) is 0 Å². The Kier molecular flexibility index (Phi) is 3.01. The Morgan fingerprint density at radius 1 is 1.41 bits per heavy atom. The minimum absolute atomic E-state index is 0.0255. The van der Waals surface area contributed by atoms with Crippen molar-refractivity contribution in [2.45, 2.75) is 24.7 Å². The average Bonchev–Trinajstić information content (AvgIpc) is 3.11. The van der Waals surface area contributed by atoms with E-state index in [4.69, 9.17) is 11.0 Å². The first-order valence-electron chi connectivity index (χ1n) is 5.70. The van der Waals surface area contributed by atoms with Crippen LogP contribution in [0.3, 0.4) is 0 Å². The minimum Gasteiger partial charge on any atom is -0.399 e. The smallest absolute Gasteiger partial charge is 0.230 e. The molecule has 3 N–H and O–H groups in total. The SMILES string of the molecule is N#CCCNC(=O)C1(c2ccc(N)cc2)CC1. The third-order valence-corrected chi connectivity index (χ3v) is 3.17. The summed E-state index contributed by atoms with van der Waals surface area (Å²) in [5, 5.41) is 11.2. The molecule has 0 spiro atoms. The van der Waals surface area contributed by atoms with Crippen molar-refractivity contribution >= 4 is 11.6 Å². The fourth-order valence-corrected chi connectivity index (χ4v) is 1.98. The van der Waals surface area contributed by atoms with Gasteiger partial charge < -0.3 is 11.1 Å². The number of hydrogen-bond acceptors (Lipinski definition) is 3. The Hall–Kier alpha value is -2.02. The average molecular weight is 229 g/mol. The molecule has 1 aliphatic rings. The lowest BCUT2D eigenvalue weighted by molar-refractivity contribution is -0.123. The quantitative estimate of drug-likeness (QED) is 0.604. The van der Waals surface area contributed by atoms with E-state index in [-0.39, 0.29) is 11.3 Å². The molecule has 0 unspecified atom stereocenters. The number of anilines is 1. The maximum atomic E-state index is 12.0. The first kappa shape index (κ1) is 11.5. The lowest BCUT2D eigenvalue weighted by atomic mass is 9.95. The van der Waals surface area contributed by atoms with Crippen molar-refractivity contribution in [2.75, 3.05) is 12.3 Å². The van der Waals surface area contributed by atoms with Crippen molar-refractivity contribution in [1.82, 2.24) is 5.32 Å². The Morgan fingerprint density at radius 3 is 2.59 bits per heavy atom. The summed E-state index contributed by atoms with van der Waals surface area (Å²) in [6.45, 7) is 0.423. The van der Waals surface area contributed by atoms with Gasteiger partial charge in [0.25, 0.3) is 0 Å². The van der Waals surface area contributed by atoms with E-state index in [1.165, 1.54) is 0 Å². The first-order valence-corrected chi connectivity index (χ1v) is 5.70. The Labute approximate surface area is 100 Å². The van der Waals surface area contributed by atoms with E-state index in [1.54, 1.807) is 0 Å². The summed E-state index contributed by atoms with van der Waals surface area (Å²) in [5.74, 6) is 0.0255. The molecule has 0 aliphatic heterocycles. The molecule has 17 heavy (non-hydrogen) atoms. The highest BCUT2D eigenvalue weighted by Crippen LogP contribution is 2.48. The summed E-state index contributed by atoms with van der Waals surface area (Å²) in [6, 6.07) is 9.46. The molecular formula is C13H15N3O. The summed E-state index contributed by atoms with van der Waals surface area (Å²) in [6.07, 6.45) is 2.09. The number of nitrogen functional groups attached to an aromatic ring is 1. The summed E-state index contributed by atoms with van der Waals surface area (Å²) >= 11 is 0. The first-order chi connectivity index (χ1) is 8.19. The normalized spacial score (nSPS) is 15.9. The molecule has 0 aromatic heterocycles. The van der Waals surface area contributed by atoms with Crippen LogP contribution >= 0.6 is 0 Å². The van der Waals surface area contributed by atoms with Gasteiger partial charge in [0.1, 0.15) is 0 Å². The van der Waals surface area contributed by atoms with E-state index in [0.717, 1.165) is 18.4 Å². The Bertz CT molecular complexity index is 455. The minimum atomic E-state index is -0.372. The molecule has 0 heterocycles. The van der Waals surface area contributed by atoms with Crippen LogP contribution in [-0.2, 0) is 10.2 Å². The van der Waals surface area contributed by atoms with Crippen molar-refractivity contribution in [3.8, 4) is 6.07 Å². The molecule has 0 saturated heterocycles. The molecule has 1 fully saturated rings. The molecule has 0 atom stereocenters. The monoisotopic (exact) mass is 229 g/mol. The van der Waals surface area contributed by atoms with Crippen molar-refractivity contribution in [3.63, 3.8) is 0 Å². The van der Waals surface area contributed by atoms with Crippen LogP contribution in [0, 0.1) is 11.3 Å². The zero-order chi connectivity index (χ0) is 12.3. The van der Waals surface area contributed by atoms with Crippen LogP contribution in [-0.4, -0.2) is 12.5 Å². The van der Waals surface area contributed by atoms with Gasteiger partial charge in [-0.2, -0.15) is 5.26 Å². The fraction of sp³-hybridized carbons (Fsp3) is 0.385. The van der Waals surface area contributed by atoms with E-state index in [2.05, 4.69) is 5.32 Å². The molecule has 1 amide bonds. The second-order valence-electron chi connectivity index (χ2n) is 4.37. The van der Waals surface area contributed by atoms with Crippen LogP contribution in [0.25, 0.3) is 0 Å². The van der Waals surface area contributed by atoms with Gasteiger partial charge in [0.2, 0.25) is 5.91 Å². The number of benzene rings is 1. The standard InChI is InChI=1S/C13H15N3O/c14-8-1-9-16-12(17)13(6-7-13)10-2-4-11(15)5-3-10/h2-5H,1,6-7,9,15H2,(H,16,17). The van der Waals surface area contributed by atoms with Crippen LogP contribution in [0.15, 0.2) is 24.3 Å². The van der Waals surface area contributed by atoms with Gasteiger partial charge in [-0.3, -0.25) is 4.79 Å². The zero-order valence-electron chi connectivity index (χ0n) is 9.57. The fourth-order valence-electron chi connectivity index (χ4n) is 1.98. The summed E-state index contributed by atoms with van der Waals surface area (Å²) < 4.78 is 0. The summed E-state index contributed by atoms with van der Waals surface area (Å²) in [4.78, 5) is 12.0. The number of nitrogens with zero attached hydrogens (tertiary/aromatic N) is 1. The maximum absolute atomic E-state index is 12.0. The van der Waals surface area contributed by atoms with E-state index in [0.29, 0.717) is 18.7 Å². The molecule has 1 saturated carbocycles. The predicted molar refractivity (Wildman–Crippen MR) is 65.0 cm³/mol. The van der Waals surface area contributed by atoms with E-state index < -0.39 is 0 Å². The van der Waals surface area contributed by atoms with Gasteiger partial charge in [0, 0.05) is 12.2 Å². The molecule has 1 aromatic rings. The molecule has 4 heteroatoms. The number of carbonyl (C=O) groups excluding carboxylic acids is 1. The van der Waals surface area contributed by atoms with Crippen LogP contribution in [0.1, 0.15) is 24.8 Å². The van der Waals surface area contributed by atoms with E-state index >= 15 is 0 Å². The number of amides is 1. The van der Waals surface area contributed by atoms with E-state index in [1.807, 2.05) is 30.3 Å². The van der Waals surface area contributed by atoms with Gasteiger partial charge in [-0.15, -0.1) is 0 Å². The molecule has 1 aliphatic carbocycles. The Morgan fingerprint density at radius 2 is 2.06 bits per heavy atom. The van der Waals surface area contributed by atoms with Crippen LogP contribution in [0.5, 0.6) is 0 Å². The van der Waals surface area contributed by atoms with Gasteiger partial charge in [-0.1, -0.05) is 12.1 Å². The largest absolute Gasteiger partial charge is 0.399 e. The predicted octanol–water partition coefficient (Wildman–Crippen LogP) is 1.33. The van der Waals surface area contributed by atoms with Gasteiger partial charge in [-0.05, 0) is 30.5 Å². The van der Waals surface area contributed by atoms with Gasteiger partial charge >= 0.3 is 0 Å². The molecule has 4 nitrogen and oxygen atoms in total. The number of rotatable bonds is 4. The lowest BCUT2D eigenvalue weighted by Crippen LogP contribution is -2.35. The highest BCUT2D eigenvalue weighted by Gasteiger charge is 2.50. The highest BCUT2D eigenvalue weighted by atomic mass is 16.2. The maximum Gasteiger partial charge on any atom is 0.230 e. The number of nitriles is 1.